The fraction of sp³-hybridized carbons (Fsp3) is 0.538. The summed E-state index contributed by atoms with van der Waals surface area (Å²) in [5, 5.41) is 4.27. The van der Waals surface area contributed by atoms with Gasteiger partial charge in [-0.05, 0) is 24.8 Å². The number of hydrogen-bond acceptors (Lipinski definition) is 5. The van der Waals surface area contributed by atoms with Gasteiger partial charge in [-0.15, -0.1) is 0 Å². The van der Waals surface area contributed by atoms with Gasteiger partial charge in [0, 0.05) is 25.8 Å². The molecule has 0 aliphatic carbocycles. The minimum Gasteiger partial charge on any atom is -0.369 e. The second kappa shape index (κ2) is 5.61. The molecule has 0 radical (unpaired) electrons. The van der Waals surface area contributed by atoms with Crippen LogP contribution in [0.3, 0.4) is 0 Å². The lowest BCUT2D eigenvalue weighted by Gasteiger charge is -2.31. The first-order valence-electron chi connectivity index (χ1n) is 7.01. The minimum absolute atomic E-state index is 0.303. The van der Waals surface area contributed by atoms with Crippen LogP contribution in [-0.4, -0.2) is 53.6 Å². The maximum absolute atomic E-state index is 11.6. The van der Waals surface area contributed by atoms with E-state index in [1.54, 1.807) is 4.31 Å². The predicted molar refractivity (Wildman–Crippen MR) is 81.5 cm³/mol. The average molecular weight is 309 g/mol. The molecule has 2 N–H and O–H groups in total. The van der Waals surface area contributed by atoms with Crippen LogP contribution in [0.2, 0.25) is 0 Å². The number of piperidine rings is 1. The molecule has 2 aromatic rings. The van der Waals surface area contributed by atoms with Gasteiger partial charge in [0.05, 0.1) is 11.6 Å². The van der Waals surface area contributed by atoms with Gasteiger partial charge in [-0.25, -0.2) is 22.7 Å². The number of rotatable bonds is 4. The lowest BCUT2D eigenvalue weighted by atomic mass is 10.00. The standard InChI is InChI=1S/C13H19N5O2S/c1-21(19,20)18-6-2-3-10(8-18)7-15-13-11-4-5-14-12(11)16-9-17-13/h4-5,9-10H,2-3,6-8H2,1H3,(H2,14,15,16,17). The summed E-state index contributed by atoms with van der Waals surface area (Å²) in [6, 6.07) is 1.93. The summed E-state index contributed by atoms with van der Waals surface area (Å²) < 4.78 is 24.8. The Bertz CT molecular complexity index is 727. The van der Waals surface area contributed by atoms with Crippen LogP contribution >= 0.6 is 0 Å². The van der Waals surface area contributed by atoms with Crippen molar-refractivity contribution in [2.24, 2.45) is 5.92 Å². The van der Waals surface area contributed by atoms with Crippen LogP contribution in [-0.2, 0) is 10.0 Å². The quantitative estimate of drug-likeness (QED) is 0.880. The smallest absolute Gasteiger partial charge is 0.211 e. The van der Waals surface area contributed by atoms with E-state index in [2.05, 4.69) is 20.3 Å². The summed E-state index contributed by atoms with van der Waals surface area (Å²) in [5.41, 5.74) is 0.800. The van der Waals surface area contributed by atoms with E-state index in [0.29, 0.717) is 25.6 Å². The predicted octanol–water partition coefficient (Wildman–Crippen LogP) is 1.04. The third-order valence-corrected chi connectivity index (χ3v) is 5.13. The highest BCUT2D eigenvalue weighted by Gasteiger charge is 2.25. The molecule has 1 atom stereocenters. The van der Waals surface area contributed by atoms with Gasteiger partial charge in [0.15, 0.2) is 0 Å². The van der Waals surface area contributed by atoms with Crippen LogP contribution in [0, 0.1) is 5.92 Å². The maximum atomic E-state index is 11.6. The van der Waals surface area contributed by atoms with E-state index in [1.807, 2.05) is 12.3 Å². The lowest BCUT2D eigenvalue weighted by Crippen LogP contribution is -2.41. The number of nitrogens with zero attached hydrogens (tertiary/aromatic N) is 3. The van der Waals surface area contributed by atoms with Crippen LogP contribution in [0.15, 0.2) is 18.6 Å². The van der Waals surface area contributed by atoms with E-state index in [9.17, 15) is 8.42 Å². The van der Waals surface area contributed by atoms with Gasteiger partial charge in [0.2, 0.25) is 10.0 Å². The molecular weight excluding hydrogens is 290 g/mol. The van der Waals surface area contributed by atoms with Gasteiger partial charge in [0.1, 0.15) is 17.8 Å². The van der Waals surface area contributed by atoms with Gasteiger partial charge < -0.3 is 10.3 Å². The average Bonchev–Trinajstić information content (AvgIpc) is 2.93. The number of aromatic nitrogens is 3. The molecule has 21 heavy (non-hydrogen) atoms. The zero-order chi connectivity index (χ0) is 14.9. The molecule has 0 bridgehead atoms. The van der Waals surface area contributed by atoms with Crippen molar-refractivity contribution in [2.45, 2.75) is 12.8 Å². The molecule has 0 amide bonds. The Morgan fingerprint density at radius 3 is 3.14 bits per heavy atom. The summed E-state index contributed by atoms with van der Waals surface area (Å²) in [6.07, 6.45) is 6.56. The van der Waals surface area contributed by atoms with Crippen molar-refractivity contribution < 1.29 is 8.42 Å². The van der Waals surface area contributed by atoms with Crippen LogP contribution in [0.25, 0.3) is 11.0 Å². The normalized spacial score (nSPS) is 20.7. The zero-order valence-electron chi connectivity index (χ0n) is 11.9. The Kier molecular flexibility index (Phi) is 3.81. The summed E-state index contributed by atoms with van der Waals surface area (Å²) in [7, 11) is -3.09. The fourth-order valence-corrected chi connectivity index (χ4v) is 3.69. The molecule has 1 aliphatic rings. The molecule has 3 heterocycles. The Labute approximate surface area is 123 Å². The summed E-state index contributed by atoms with van der Waals surface area (Å²) in [5.74, 6) is 1.09. The van der Waals surface area contributed by atoms with Crippen molar-refractivity contribution in [3.05, 3.63) is 18.6 Å². The van der Waals surface area contributed by atoms with Crippen molar-refractivity contribution in [2.75, 3.05) is 31.2 Å². The Morgan fingerprint density at radius 2 is 2.33 bits per heavy atom. The monoisotopic (exact) mass is 309 g/mol. The fourth-order valence-electron chi connectivity index (χ4n) is 2.75. The van der Waals surface area contributed by atoms with E-state index >= 15 is 0 Å². The molecule has 0 aromatic carbocycles. The van der Waals surface area contributed by atoms with E-state index in [-0.39, 0.29) is 0 Å². The maximum Gasteiger partial charge on any atom is 0.211 e. The molecule has 1 aliphatic heterocycles. The molecular formula is C13H19N5O2S. The highest BCUT2D eigenvalue weighted by molar-refractivity contribution is 7.88. The number of aromatic amines is 1. The van der Waals surface area contributed by atoms with Crippen molar-refractivity contribution in [3.63, 3.8) is 0 Å². The van der Waals surface area contributed by atoms with Crippen LogP contribution < -0.4 is 5.32 Å². The molecule has 0 saturated carbocycles. The number of H-pyrrole nitrogens is 1. The van der Waals surface area contributed by atoms with Crippen molar-refractivity contribution in [1.29, 1.82) is 0 Å². The van der Waals surface area contributed by atoms with E-state index in [1.165, 1.54) is 12.6 Å². The summed E-state index contributed by atoms with van der Waals surface area (Å²) in [4.78, 5) is 11.5. The molecule has 7 nitrogen and oxygen atoms in total. The van der Waals surface area contributed by atoms with Crippen LogP contribution in [0.5, 0.6) is 0 Å². The van der Waals surface area contributed by atoms with E-state index in [0.717, 1.165) is 29.7 Å². The van der Waals surface area contributed by atoms with Gasteiger partial charge in [-0.2, -0.15) is 0 Å². The van der Waals surface area contributed by atoms with E-state index in [4.69, 9.17) is 0 Å². The van der Waals surface area contributed by atoms with Gasteiger partial charge in [0.25, 0.3) is 0 Å². The van der Waals surface area contributed by atoms with E-state index < -0.39 is 10.0 Å². The molecule has 0 spiro atoms. The first kappa shape index (κ1) is 14.3. The SMILES string of the molecule is CS(=O)(=O)N1CCCC(CNc2ncnc3[nH]ccc23)C1. The van der Waals surface area contributed by atoms with Crippen molar-refractivity contribution in [1.82, 2.24) is 19.3 Å². The summed E-state index contributed by atoms with van der Waals surface area (Å²) >= 11 is 0. The topological polar surface area (TPSA) is 91.0 Å². The van der Waals surface area contributed by atoms with Crippen molar-refractivity contribution >= 4 is 26.9 Å². The zero-order valence-corrected chi connectivity index (χ0v) is 12.7. The van der Waals surface area contributed by atoms with Gasteiger partial charge >= 0.3 is 0 Å². The molecule has 114 valence electrons. The Morgan fingerprint density at radius 1 is 1.48 bits per heavy atom. The number of nitrogens with one attached hydrogen (secondary N) is 2. The number of hydrogen-bond donors (Lipinski definition) is 2. The molecule has 2 aromatic heterocycles. The third-order valence-electron chi connectivity index (χ3n) is 3.86. The molecule has 3 rings (SSSR count). The van der Waals surface area contributed by atoms with Crippen molar-refractivity contribution in [3.8, 4) is 0 Å². The number of fused-ring (bicyclic) bond motifs is 1. The molecule has 1 unspecified atom stereocenters. The Hall–Kier alpha value is -1.67. The third kappa shape index (κ3) is 3.16. The van der Waals surface area contributed by atoms with Gasteiger partial charge in [-0.1, -0.05) is 0 Å². The van der Waals surface area contributed by atoms with Crippen LogP contribution in [0.4, 0.5) is 5.82 Å². The molecule has 8 heteroatoms. The highest BCUT2D eigenvalue weighted by Crippen LogP contribution is 2.21. The molecule has 1 saturated heterocycles. The second-order valence-electron chi connectivity index (χ2n) is 5.47. The highest BCUT2D eigenvalue weighted by atomic mass is 32.2. The number of sulfonamides is 1. The number of anilines is 1. The van der Waals surface area contributed by atoms with Crippen LogP contribution in [0.1, 0.15) is 12.8 Å². The second-order valence-corrected chi connectivity index (χ2v) is 7.45. The molecule has 1 fully saturated rings. The Balaban J connectivity index is 1.66. The first-order valence-corrected chi connectivity index (χ1v) is 8.86. The lowest BCUT2D eigenvalue weighted by molar-refractivity contribution is 0.276. The first-order chi connectivity index (χ1) is 10.0. The summed E-state index contributed by atoms with van der Waals surface area (Å²) in [6.45, 7) is 1.92. The minimum atomic E-state index is -3.09. The largest absolute Gasteiger partial charge is 0.369 e. The van der Waals surface area contributed by atoms with Gasteiger partial charge in [-0.3, -0.25) is 0 Å².